The maximum Gasteiger partial charge on any atom is 0.242 e. The second kappa shape index (κ2) is 3.83. The van der Waals surface area contributed by atoms with Gasteiger partial charge in [0, 0.05) is 5.02 Å². The molecule has 3 nitrogen and oxygen atoms in total. The second-order valence-corrected chi connectivity index (χ2v) is 4.24. The molecule has 0 saturated carbocycles. The summed E-state index contributed by atoms with van der Waals surface area (Å²) in [6.07, 6.45) is 1.72. The molecule has 2 rings (SSSR count). The molecule has 1 aromatic carbocycles. The molecule has 1 heterocycles. The van der Waals surface area contributed by atoms with Crippen LogP contribution in [0.4, 0.5) is 0 Å². The summed E-state index contributed by atoms with van der Waals surface area (Å²) in [5.74, 6) is -0.317. The van der Waals surface area contributed by atoms with Crippen LogP contribution < -0.4 is 11.1 Å². The third-order valence-electron chi connectivity index (χ3n) is 2.91. The molecule has 1 aliphatic rings. The highest BCUT2D eigenvalue weighted by atomic mass is 35.5. The van der Waals surface area contributed by atoms with Crippen molar-refractivity contribution in [3.63, 3.8) is 0 Å². The van der Waals surface area contributed by atoms with Crippen LogP contribution in [0.15, 0.2) is 24.3 Å². The number of primary amides is 1. The van der Waals surface area contributed by atoms with Gasteiger partial charge in [-0.15, -0.1) is 0 Å². The summed E-state index contributed by atoms with van der Waals surface area (Å²) >= 11 is 5.81. The minimum Gasteiger partial charge on any atom is -0.368 e. The third kappa shape index (κ3) is 1.73. The zero-order valence-electron chi connectivity index (χ0n) is 8.29. The molecule has 1 aromatic rings. The van der Waals surface area contributed by atoms with Crippen LogP contribution in [0.1, 0.15) is 18.4 Å². The van der Waals surface area contributed by atoms with E-state index in [0.717, 1.165) is 24.9 Å². The molecule has 80 valence electrons. The lowest BCUT2D eigenvalue weighted by molar-refractivity contribution is -0.124. The fourth-order valence-corrected chi connectivity index (χ4v) is 2.20. The molecule has 1 atom stereocenters. The van der Waals surface area contributed by atoms with Crippen molar-refractivity contribution in [1.82, 2.24) is 5.32 Å². The number of hydrogen-bond acceptors (Lipinski definition) is 2. The first kappa shape index (κ1) is 10.5. The van der Waals surface area contributed by atoms with Crippen molar-refractivity contribution >= 4 is 17.5 Å². The number of carbonyl (C=O) groups is 1. The van der Waals surface area contributed by atoms with Gasteiger partial charge in [0.15, 0.2) is 0 Å². The number of rotatable bonds is 2. The summed E-state index contributed by atoms with van der Waals surface area (Å²) in [4.78, 5) is 11.5. The Morgan fingerprint density at radius 2 is 2.07 bits per heavy atom. The second-order valence-electron chi connectivity index (χ2n) is 3.81. The van der Waals surface area contributed by atoms with E-state index in [-0.39, 0.29) is 5.91 Å². The first-order valence-corrected chi connectivity index (χ1v) is 5.34. The summed E-state index contributed by atoms with van der Waals surface area (Å²) in [5, 5.41) is 3.85. The SMILES string of the molecule is NC(=O)C1(c2ccc(Cl)cc2)CCCN1. The van der Waals surface area contributed by atoms with E-state index in [2.05, 4.69) is 5.32 Å². The number of amides is 1. The van der Waals surface area contributed by atoms with Gasteiger partial charge in [-0.05, 0) is 37.1 Å². The molecular formula is C11H13ClN2O. The summed E-state index contributed by atoms with van der Waals surface area (Å²) in [6, 6.07) is 7.26. The molecule has 0 bridgehead atoms. The maximum absolute atomic E-state index is 11.5. The van der Waals surface area contributed by atoms with Gasteiger partial charge in [-0.2, -0.15) is 0 Å². The van der Waals surface area contributed by atoms with Gasteiger partial charge in [-0.3, -0.25) is 10.1 Å². The molecule has 3 N–H and O–H groups in total. The summed E-state index contributed by atoms with van der Waals surface area (Å²) in [6.45, 7) is 0.825. The zero-order chi connectivity index (χ0) is 10.9. The van der Waals surface area contributed by atoms with Crippen LogP contribution >= 0.6 is 11.6 Å². The molecule has 0 aromatic heterocycles. The minimum absolute atomic E-state index is 0.317. The van der Waals surface area contributed by atoms with Crippen molar-refractivity contribution in [2.24, 2.45) is 5.73 Å². The fraction of sp³-hybridized carbons (Fsp3) is 0.364. The monoisotopic (exact) mass is 224 g/mol. The highest BCUT2D eigenvalue weighted by Gasteiger charge is 2.40. The van der Waals surface area contributed by atoms with E-state index in [0.29, 0.717) is 5.02 Å². The van der Waals surface area contributed by atoms with Crippen molar-refractivity contribution in [2.45, 2.75) is 18.4 Å². The maximum atomic E-state index is 11.5. The van der Waals surface area contributed by atoms with Gasteiger partial charge in [-0.1, -0.05) is 23.7 Å². The minimum atomic E-state index is -0.690. The number of benzene rings is 1. The number of nitrogens with one attached hydrogen (secondary N) is 1. The molecule has 1 amide bonds. The van der Waals surface area contributed by atoms with Gasteiger partial charge in [0.2, 0.25) is 5.91 Å². The zero-order valence-corrected chi connectivity index (χ0v) is 9.05. The van der Waals surface area contributed by atoms with Gasteiger partial charge < -0.3 is 5.73 Å². The largest absolute Gasteiger partial charge is 0.368 e. The van der Waals surface area contributed by atoms with E-state index in [1.165, 1.54) is 0 Å². The summed E-state index contributed by atoms with van der Waals surface area (Å²) in [7, 11) is 0. The first-order valence-electron chi connectivity index (χ1n) is 4.96. The predicted molar refractivity (Wildman–Crippen MR) is 59.6 cm³/mol. The number of carbonyl (C=O) groups excluding carboxylic acids is 1. The van der Waals surface area contributed by atoms with E-state index < -0.39 is 5.54 Å². The van der Waals surface area contributed by atoms with Crippen molar-refractivity contribution in [2.75, 3.05) is 6.54 Å². The van der Waals surface area contributed by atoms with E-state index in [1.54, 1.807) is 12.1 Å². The van der Waals surface area contributed by atoms with Gasteiger partial charge in [0.1, 0.15) is 5.54 Å². The fourth-order valence-electron chi connectivity index (χ4n) is 2.08. The van der Waals surface area contributed by atoms with Crippen LogP contribution in [-0.2, 0) is 10.3 Å². The highest BCUT2D eigenvalue weighted by Crippen LogP contribution is 2.31. The quantitative estimate of drug-likeness (QED) is 0.798. The van der Waals surface area contributed by atoms with E-state index in [1.807, 2.05) is 12.1 Å². The van der Waals surface area contributed by atoms with Crippen molar-refractivity contribution in [1.29, 1.82) is 0 Å². The highest BCUT2D eigenvalue weighted by molar-refractivity contribution is 6.30. The Bertz CT molecular complexity index is 369. The van der Waals surface area contributed by atoms with Crippen molar-refractivity contribution in [3.05, 3.63) is 34.9 Å². The third-order valence-corrected chi connectivity index (χ3v) is 3.16. The van der Waals surface area contributed by atoms with Crippen LogP contribution in [0.3, 0.4) is 0 Å². The van der Waals surface area contributed by atoms with E-state index in [9.17, 15) is 4.79 Å². The number of hydrogen-bond donors (Lipinski definition) is 2. The molecule has 1 saturated heterocycles. The molecule has 0 radical (unpaired) electrons. The Labute approximate surface area is 93.6 Å². The van der Waals surface area contributed by atoms with Gasteiger partial charge in [-0.25, -0.2) is 0 Å². The van der Waals surface area contributed by atoms with E-state index >= 15 is 0 Å². The molecule has 4 heteroatoms. The molecule has 1 aliphatic heterocycles. The smallest absolute Gasteiger partial charge is 0.242 e. The Hall–Kier alpha value is -1.06. The lowest BCUT2D eigenvalue weighted by Crippen LogP contribution is -2.48. The summed E-state index contributed by atoms with van der Waals surface area (Å²) in [5.41, 5.74) is 5.68. The van der Waals surface area contributed by atoms with Crippen LogP contribution in [-0.4, -0.2) is 12.5 Å². The molecule has 1 fully saturated rings. The Kier molecular flexibility index (Phi) is 2.67. The molecule has 0 aliphatic carbocycles. The Morgan fingerprint density at radius 3 is 2.53 bits per heavy atom. The van der Waals surface area contributed by atoms with Gasteiger partial charge in [0.05, 0.1) is 0 Å². The molecule has 0 spiro atoms. The topological polar surface area (TPSA) is 55.1 Å². The first-order chi connectivity index (χ1) is 7.15. The van der Waals surface area contributed by atoms with Crippen molar-refractivity contribution < 1.29 is 4.79 Å². The Balaban J connectivity index is 2.41. The molecular weight excluding hydrogens is 212 g/mol. The number of halogens is 1. The lowest BCUT2D eigenvalue weighted by Gasteiger charge is -2.26. The van der Waals surface area contributed by atoms with Crippen LogP contribution in [0.5, 0.6) is 0 Å². The van der Waals surface area contributed by atoms with Gasteiger partial charge in [0.25, 0.3) is 0 Å². The average molecular weight is 225 g/mol. The standard InChI is InChI=1S/C11H13ClN2O/c12-9-4-2-8(3-5-9)11(10(13)15)6-1-7-14-11/h2-5,14H,1,6-7H2,(H2,13,15). The van der Waals surface area contributed by atoms with Crippen molar-refractivity contribution in [3.8, 4) is 0 Å². The van der Waals surface area contributed by atoms with Crippen LogP contribution in [0, 0.1) is 0 Å². The van der Waals surface area contributed by atoms with E-state index in [4.69, 9.17) is 17.3 Å². The average Bonchev–Trinajstić information content (AvgIpc) is 2.69. The number of nitrogens with two attached hydrogens (primary N) is 1. The lowest BCUT2D eigenvalue weighted by atomic mass is 9.88. The molecule has 1 unspecified atom stereocenters. The van der Waals surface area contributed by atoms with Gasteiger partial charge >= 0.3 is 0 Å². The van der Waals surface area contributed by atoms with Crippen LogP contribution in [0.2, 0.25) is 5.02 Å². The normalized spacial score (nSPS) is 25.4. The van der Waals surface area contributed by atoms with Crippen LogP contribution in [0.25, 0.3) is 0 Å². The summed E-state index contributed by atoms with van der Waals surface area (Å²) < 4.78 is 0. The predicted octanol–water partition coefficient (Wildman–Crippen LogP) is 1.40. The Morgan fingerprint density at radius 1 is 1.40 bits per heavy atom. The molecule has 15 heavy (non-hydrogen) atoms.